The summed E-state index contributed by atoms with van der Waals surface area (Å²) in [6.45, 7) is 2.73. The number of aliphatic hydroxyl groups is 1. The van der Waals surface area contributed by atoms with Crippen LogP contribution in [0.1, 0.15) is 12.6 Å². The second kappa shape index (κ2) is 6.10. The van der Waals surface area contributed by atoms with Crippen LogP contribution in [0, 0.1) is 0 Å². The first-order valence-electron chi connectivity index (χ1n) is 7.08. The Kier molecular flexibility index (Phi) is 4.20. The first-order chi connectivity index (χ1) is 10.2. The van der Waals surface area contributed by atoms with E-state index in [0.29, 0.717) is 19.6 Å². The van der Waals surface area contributed by atoms with Crippen LogP contribution in [0.3, 0.4) is 0 Å². The molecule has 1 unspecified atom stereocenters. The van der Waals surface area contributed by atoms with Gasteiger partial charge in [0.25, 0.3) is 5.56 Å². The Hall–Kier alpha value is -1.48. The standard InChI is InChI=1S/C13H19N3O5/c17-8-9-7-10(15-3-5-20-6-4-15)12(21-9)16-2-1-11(18)14-13(16)19/h1-2,9-10,12,17H,3-8H2,(H,14,18,19)/t9-,10?,12+/m0/s1. The lowest BCUT2D eigenvalue weighted by Gasteiger charge is -2.34. The number of rotatable bonds is 3. The number of hydrogen-bond donors (Lipinski definition) is 2. The van der Waals surface area contributed by atoms with E-state index in [1.54, 1.807) is 0 Å². The number of aromatic amines is 1. The third kappa shape index (κ3) is 2.93. The molecule has 8 nitrogen and oxygen atoms in total. The van der Waals surface area contributed by atoms with E-state index in [2.05, 4.69) is 9.88 Å². The fourth-order valence-corrected chi connectivity index (χ4v) is 2.96. The molecule has 0 saturated carbocycles. The number of H-pyrrole nitrogens is 1. The molecule has 0 bridgehead atoms. The molecule has 21 heavy (non-hydrogen) atoms. The van der Waals surface area contributed by atoms with E-state index in [1.165, 1.54) is 16.8 Å². The first-order valence-corrected chi connectivity index (χ1v) is 7.08. The maximum Gasteiger partial charge on any atom is 0.330 e. The summed E-state index contributed by atoms with van der Waals surface area (Å²) in [7, 11) is 0. The first kappa shape index (κ1) is 14.5. The van der Waals surface area contributed by atoms with Gasteiger partial charge < -0.3 is 14.6 Å². The van der Waals surface area contributed by atoms with Crippen LogP contribution in [0.4, 0.5) is 0 Å². The van der Waals surface area contributed by atoms with Crippen LogP contribution in [0.2, 0.25) is 0 Å². The van der Waals surface area contributed by atoms with Gasteiger partial charge in [-0.15, -0.1) is 0 Å². The van der Waals surface area contributed by atoms with Crippen molar-refractivity contribution >= 4 is 0 Å². The third-order valence-corrected chi connectivity index (χ3v) is 4.01. The van der Waals surface area contributed by atoms with Crippen LogP contribution in [0.25, 0.3) is 0 Å². The van der Waals surface area contributed by atoms with Crippen molar-refractivity contribution in [1.82, 2.24) is 14.5 Å². The lowest BCUT2D eigenvalue weighted by atomic mass is 10.1. The molecule has 0 radical (unpaired) electrons. The molecule has 2 fully saturated rings. The van der Waals surface area contributed by atoms with E-state index in [-0.39, 0.29) is 18.8 Å². The molecule has 2 N–H and O–H groups in total. The van der Waals surface area contributed by atoms with Gasteiger partial charge in [-0.25, -0.2) is 4.79 Å². The molecule has 3 rings (SSSR count). The summed E-state index contributed by atoms with van der Waals surface area (Å²) in [5.74, 6) is 0. The molecule has 8 heteroatoms. The zero-order chi connectivity index (χ0) is 14.8. The van der Waals surface area contributed by atoms with Crippen molar-refractivity contribution in [2.75, 3.05) is 32.9 Å². The molecule has 0 amide bonds. The van der Waals surface area contributed by atoms with Crippen LogP contribution < -0.4 is 11.2 Å². The summed E-state index contributed by atoms with van der Waals surface area (Å²) in [5.41, 5.74) is -0.930. The predicted octanol–water partition coefficient (Wildman–Crippen LogP) is -1.48. The molecule has 1 aromatic heterocycles. The Labute approximate surface area is 120 Å². The minimum absolute atomic E-state index is 0.0188. The van der Waals surface area contributed by atoms with Gasteiger partial charge in [0.2, 0.25) is 0 Å². The SMILES string of the molecule is O=c1ccn([C@@H]2O[C@H](CO)CC2N2CCOCC2)c(=O)[nH]1. The average Bonchev–Trinajstić information content (AvgIpc) is 2.92. The topological polar surface area (TPSA) is 96.8 Å². The number of morpholine rings is 1. The summed E-state index contributed by atoms with van der Waals surface area (Å²) >= 11 is 0. The molecule has 3 atom stereocenters. The van der Waals surface area contributed by atoms with E-state index in [9.17, 15) is 14.7 Å². The highest BCUT2D eigenvalue weighted by Gasteiger charge is 2.40. The molecule has 0 aromatic carbocycles. The van der Waals surface area contributed by atoms with E-state index in [0.717, 1.165) is 13.1 Å². The maximum absolute atomic E-state index is 12.0. The number of hydrogen-bond acceptors (Lipinski definition) is 6. The largest absolute Gasteiger partial charge is 0.394 e. The fourth-order valence-electron chi connectivity index (χ4n) is 2.96. The third-order valence-electron chi connectivity index (χ3n) is 4.01. The summed E-state index contributed by atoms with van der Waals surface area (Å²) in [6.07, 6.45) is 1.28. The van der Waals surface area contributed by atoms with Gasteiger partial charge in [-0.3, -0.25) is 19.2 Å². The minimum atomic E-state index is -0.510. The van der Waals surface area contributed by atoms with Crippen molar-refractivity contribution in [2.24, 2.45) is 0 Å². The van der Waals surface area contributed by atoms with Gasteiger partial charge in [0.15, 0.2) is 6.23 Å². The van der Waals surface area contributed by atoms with Crippen LogP contribution in [0.5, 0.6) is 0 Å². The zero-order valence-corrected chi connectivity index (χ0v) is 11.6. The van der Waals surface area contributed by atoms with Crippen molar-refractivity contribution in [3.8, 4) is 0 Å². The minimum Gasteiger partial charge on any atom is -0.394 e. The zero-order valence-electron chi connectivity index (χ0n) is 11.6. The van der Waals surface area contributed by atoms with Gasteiger partial charge in [0.1, 0.15) is 0 Å². The molecule has 3 heterocycles. The lowest BCUT2D eigenvalue weighted by Crippen LogP contribution is -2.47. The highest BCUT2D eigenvalue weighted by atomic mass is 16.5. The van der Waals surface area contributed by atoms with Crippen molar-refractivity contribution < 1.29 is 14.6 Å². The number of aliphatic hydroxyl groups excluding tert-OH is 1. The summed E-state index contributed by atoms with van der Waals surface area (Å²) in [6, 6.07) is 1.28. The Morgan fingerprint density at radius 2 is 2.10 bits per heavy atom. The highest BCUT2D eigenvalue weighted by molar-refractivity contribution is 4.93. The number of aromatic nitrogens is 2. The molecular weight excluding hydrogens is 278 g/mol. The molecule has 0 aliphatic carbocycles. The van der Waals surface area contributed by atoms with E-state index >= 15 is 0 Å². The number of nitrogens with zero attached hydrogens (tertiary/aromatic N) is 2. The number of ether oxygens (including phenoxy) is 2. The molecule has 2 aliphatic rings. The molecule has 0 spiro atoms. The van der Waals surface area contributed by atoms with Crippen molar-refractivity contribution in [3.05, 3.63) is 33.1 Å². The normalized spacial score (nSPS) is 30.6. The monoisotopic (exact) mass is 297 g/mol. The van der Waals surface area contributed by atoms with Crippen molar-refractivity contribution in [3.63, 3.8) is 0 Å². The van der Waals surface area contributed by atoms with Crippen LogP contribution >= 0.6 is 0 Å². The Morgan fingerprint density at radius 3 is 2.76 bits per heavy atom. The smallest absolute Gasteiger partial charge is 0.330 e. The van der Waals surface area contributed by atoms with Gasteiger partial charge in [0, 0.05) is 25.4 Å². The van der Waals surface area contributed by atoms with E-state index < -0.39 is 17.5 Å². The molecule has 1 aromatic rings. The Morgan fingerprint density at radius 1 is 1.33 bits per heavy atom. The van der Waals surface area contributed by atoms with Gasteiger partial charge >= 0.3 is 5.69 Å². The van der Waals surface area contributed by atoms with Crippen LogP contribution in [0.15, 0.2) is 21.9 Å². The van der Waals surface area contributed by atoms with Gasteiger partial charge in [-0.2, -0.15) is 0 Å². The lowest BCUT2D eigenvalue weighted by molar-refractivity contribution is -0.0577. The summed E-state index contributed by atoms with van der Waals surface area (Å²) < 4.78 is 12.5. The fraction of sp³-hybridized carbons (Fsp3) is 0.692. The van der Waals surface area contributed by atoms with Crippen molar-refractivity contribution in [1.29, 1.82) is 0 Å². The average molecular weight is 297 g/mol. The summed E-state index contributed by atoms with van der Waals surface area (Å²) in [4.78, 5) is 27.6. The van der Waals surface area contributed by atoms with E-state index in [4.69, 9.17) is 9.47 Å². The van der Waals surface area contributed by atoms with Gasteiger partial charge in [0.05, 0.1) is 32.0 Å². The highest BCUT2D eigenvalue weighted by Crippen LogP contribution is 2.31. The molecule has 2 saturated heterocycles. The van der Waals surface area contributed by atoms with E-state index in [1.807, 2.05) is 0 Å². The van der Waals surface area contributed by atoms with Gasteiger partial charge in [-0.05, 0) is 6.42 Å². The molecular formula is C13H19N3O5. The Bertz CT molecular complexity index is 592. The van der Waals surface area contributed by atoms with Crippen LogP contribution in [-0.4, -0.2) is 64.6 Å². The maximum atomic E-state index is 12.0. The van der Waals surface area contributed by atoms with Crippen LogP contribution in [-0.2, 0) is 9.47 Å². The second-order valence-electron chi connectivity index (χ2n) is 5.30. The van der Waals surface area contributed by atoms with Crippen molar-refractivity contribution in [2.45, 2.75) is 24.8 Å². The number of nitrogens with one attached hydrogen (secondary N) is 1. The molecule has 116 valence electrons. The van der Waals surface area contributed by atoms with Gasteiger partial charge in [-0.1, -0.05) is 0 Å². The quantitative estimate of drug-likeness (QED) is 0.706. The summed E-state index contributed by atoms with van der Waals surface area (Å²) in [5, 5.41) is 9.35. The molecule has 2 aliphatic heterocycles. The predicted molar refractivity (Wildman–Crippen MR) is 73.1 cm³/mol. The second-order valence-corrected chi connectivity index (χ2v) is 5.30. The Balaban J connectivity index is 1.89.